The van der Waals surface area contributed by atoms with E-state index in [1.807, 2.05) is 0 Å². The molecule has 3 aromatic rings. The fourth-order valence-corrected chi connectivity index (χ4v) is 3.52. The average Bonchev–Trinajstić information content (AvgIpc) is 2.92. The van der Waals surface area contributed by atoms with Gasteiger partial charge >= 0.3 is 12.6 Å². The van der Waals surface area contributed by atoms with Crippen molar-refractivity contribution in [3.63, 3.8) is 0 Å². The van der Waals surface area contributed by atoms with Crippen LogP contribution >= 0.6 is 0 Å². The van der Waals surface area contributed by atoms with Gasteiger partial charge < -0.3 is 29.0 Å². The summed E-state index contributed by atoms with van der Waals surface area (Å²) >= 11 is 0. The highest BCUT2D eigenvalue weighted by molar-refractivity contribution is 6.29. The lowest BCUT2D eigenvalue weighted by atomic mass is 10.0. The fourth-order valence-electron chi connectivity index (χ4n) is 3.52. The van der Waals surface area contributed by atoms with Crippen LogP contribution in [0.15, 0.2) is 60.7 Å². The Morgan fingerprint density at radius 1 is 0.816 bits per heavy atom. The Bertz CT molecular complexity index is 1310. The van der Waals surface area contributed by atoms with Crippen LogP contribution in [-0.2, 0) is 9.53 Å². The van der Waals surface area contributed by atoms with Gasteiger partial charge in [0.15, 0.2) is 23.0 Å². The number of carbonyl (C=O) groups excluding carboxylic acids is 2. The van der Waals surface area contributed by atoms with Gasteiger partial charge in [-0.3, -0.25) is 4.79 Å². The molecule has 1 amide bonds. The van der Waals surface area contributed by atoms with Gasteiger partial charge in [-0.25, -0.2) is 4.79 Å². The number of hydrogen-bond donors (Lipinski definition) is 1. The quantitative estimate of drug-likeness (QED) is 0.195. The van der Waals surface area contributed by atoms with E-state index in [0.717, 1.165) is 0 Å². The molecule has 10 heteroatoms. The molecule has 0 fully saturated rings. The van der Waals surface area contributed by atoms with Crippen molar-refractivity contribution in [1.82, 2.24) is 0 Å². The molecule has 38 heavy (non-hydrogen) atoms. The second-order valence-corrected chi connectivity index (χ2v) is 7.67. The van der Waals surface area contributed by atoms with Crippen molar-refractivity contribution in [1.29, 1.82) is 0 Å². The molecule has 0 saturated carbocycles. The maximum atomic E-state index is 13.5. The lowest BCUT2D eigenvalue weighted by Gasteiger charge is -2.14. The first-order chi connectivity index (χ1) is 18.3. The number of nitrogens with one attached hydrogen (secondary N) is 1. The minimum Gasteiger partial charge on any atom is -0.493 e. The second kappa shape index (κ2) is 13.1. The van der Waals surface area contributed by atoms with Crippen molar-refractivity contribution in [3.05, 3.63) is 77.4 Å². The van der Waals surface area contributed by atoms with Crippen molar-refractivity contribution in [2.45, 2.75) is 13.5 Å². The minimum atomic E-state index is -3.02. The van der Waals surface area contributed by atoms with E-state index < -0.39 is 18.5 Å². The highest BCUT2D eigenvalue weighted by atomic mass is 19.3. The summed E-state index contributed by atoms with van der Waals surface area (Å²) in [5.74, 6) is -0.141. The van der Waals surface area contributed by atoms with Gasteiger partial charge in [0.1, 0.15) is 0 Å². The minimum absolute atomic E-state index is 0.0701. The van der Waals surface area contributed by atoms with E-state index in [4.69, 9.17) is 18.9 Å². The summed E-state index contributed by atoms with van der Waals surface area (Å²) in [5.41, 5.74) is 1.99. The molecule has 3 aromatic carbocycles. The summed E-state index contributed by atoms with van der Waals surface area (Å²) in [4.78, 5) is 25.4. The number of halogens is 2. The Labute approximate surface area is 218 Å². The molecule has 1 N–H and O–H groups in total. The molecule has 0 aliphatic carbocycles. The highest BCUT2D eigenvalue weighted by Crippen LogP contribution is 2.34. The number of rotatable bonds is 11. The number of amides is 1. The van der Waals surface area contributed by atoms with Gasteiger partial charge in [0.25, 0.3) is 5.91 Å². The van der Waals surface area contributed by atoms with E-state index in [2.05, 4.69) is 10.1 Å². The Hall–Kier alpha value is -4.60. The summed E-state index contributed by atoms with van der Waals surface area (Å²) in [5, 5.41) is 2.80. The summed E-state index contributed by atoms with van der Waals surface area (Å²) in [6.45, 7) is -1.06. The maximum Gasteiger partial charge on any atom is 0.387 e. The molecule has 0 spiro atoms. The fraction of sp³-hybridized carbons (Fsp3) is 0.214. The molecule has 0 bridgehead atoms. The van der Waals surface area contributed by atoms with Crippen LogP contribution in [0.3, 0.4) is 0 Å². The van der Waals surface area contributed by atoms with Gasteiger partial charge in [0.2, 0.25) is 0 Å². The zero-order valence-corrected chi connectivity index (χ0v) is 21.2. The highest BCUT2D eigenvalue weighted by Gasteiger charge is 2.17. The standard InChI is InChI=1S/C28H27F2NO7/c1-5-37-27(33)18-7-10-20(11-8-18)31-26(32)21(19-9-13-22(34-2)25(16-19)36-4)14-17-6-12-23(38-28(29)30)24(15-17)35-3/h6-16,28H,5H2,1-4H3,(H,31,32)/b21-14+. The Balaban J connectivity index is 2.01. The number of esters is 1. The molecule has 0 radical (unpaired) electrons. The zero-order chi connectivity index (χ0) is 27.7. The van der Waals surface area contributed by atoms with Crippen molar-refractivity contribution in [2.75, 3.05) is 33.3 Å². The van der Waals surface area contributed by atoms with Gasteiger partial charge in [0, 0.05) is 11.3 Å². The van der Waals surface area contributed by atoms with Crippen LogP contribution in [-0.4, -0.2) is 46.4 Å². The number of benzene rings is 3. The van der Waals surface area contributed by atoms with Gasteiger partial charge in [-0.2, -0.15) is 8.78 Å². The number of anilines is 1. The molecule has 0 saturated heterocycles. The van der Waals surface area contributed by atoms with Crippen LogP contribution in [0.2, 0.25) is 0 Å². The molecule has 0 aromatic heterocycles. The van der Waals surface area contributed by atoms with Crippen LogP contribution in [0, 0.1) is 0 Å². The lowest BCUT2D eigenvalue weighted by Crippen LogP contribution is -2.14. The predicted molar refractivity (Wildman–Crippen MR) is 138 cm³/mol. The van der Waals surface area contributed by atoms with E-state index in [-0.39, 0.29) is 23.7 Å². The third-order valence-corrected chi connectivity index (χ3v) is 5.31. The SMILES string of the molecule is CCOC(=O)c1ccc(NC(=O)/C(=C/c2ccc(OC(F)F)c(OC)c2)c2ccc(OC)c(OC)c2)cc1. The van der Waals surface area contributed by atoms with Crippen LogP contribution in [0.1, 0.15) is 28.4 Å². The number of methoxy groups -OCH3 is 3. The summed E-state index contributed by atoms with van der Waals surface area (Å²) in [7, 11) is 4.29. The van der Waals surface area contributed by atoms with Crippen molar-refractivity contribution in [2.24, 2.45) is 0 Å². The molecule has 200 valence electrons. The zero-order valence-electron chi connectivity index (χ0n) is 21.2. The predicted octanol–water partition coefficient (Wildman–Crippen LogP) is 5.67. The lowest BCUT2D eigenvalue weighted by molar-refractivity contribution is -0.111. The van der Waals surface area contributed by atoms with E-state index in [0.29, 0.717) is 33.9 Å². The van der Waals surface area contributed by atoms with Crippen molar-refractivity contribution >= 4 is 29.2 Å². The van der Waals surface area contributed by atoms with Gasteiger partial charge in [-0.1, -0.05) is 12.1 Å². The summed E-state index contributed by atoms with van der Waals surface area (Å²) < 4.78 is 50.8. The molecule has 0 aliphatic rings. The third-order valence-electron chi connectivity index (χ3n) is 5.31. The largest absolute Gasteiger partial charge is 0.493 e. The van der Waals surface area contributed by atoms with E-state index >= 15 is 0 Å². The van der Waals surface area contributed by atoms with E-state index in [1.165, 1.54) is 39.5 Å². The molecular weight excluding hydrogens is 500 g/mol. The monoisotopic (exact) mass is 527 g/mol. The first kappa shape index (κ1) is 28.0. The smallest absolute Gasteiger partial charge is 0.387 e. The molecule has 0 aliphatic heterocycles. The van der Waals surface area contributed by atoms with Crippen LogP contribution < -0.4 is 24.3 Å². The van der Waals surface area contributed by atoms with Gasteiger partial charge in [-0.15, -0.1) is 0 Å². The van der Waals surface area contributed by atoms with Crippen LogP contribution in [0.4, 0.5) is 14.5 Å². The van der Waals surface area contributed by atoms with Crippen LogP contribution in [0.5, 0.6) is 23.0 Å². The van der Waals surface area contributed by atoms with E-state index in [1.54, 1.807) is 55.5 Å². The molecule has 0 atom stereocenters. The summed E-state index contributed by atoms with van der Waals surface area (Å²) in [6, 6.07) is 15.5. The maximum absolute atomic E-state index is 13.5. The van der Waals surface area contributed by atoms with Gasteiger partial charge in [-0.05, 0) is 72.7 Å². The molecule has 0 heterocycles. The van der Waals surface area contributed by atoms with Crippen molar-refractivity contribution in [3.8, 4) is 23.0 Å². The average molecular weight is 528 g/mol. The van der Waals surface area contributed by atoms with E-state index in [9.17, 15) is 18.4 Å². The molecular formula is C28H27F2NO7. The molecule has 0 unspecified atom stereocenters. The summed E-state index contributed by atoms with van der Waals surface area (Å²) in [6.07, 6.45) is 1.57. The normalized spacial score (nSPS) is 11.1. The molecule has 3 rings (SSSR count). The Morgan fingerprint density at radius 3 is 2.03 bits per heavy atom. The number of alkyl halides is 2. The Morgan fingerprint density at radius 2 is 1.42 bits per heavy atom. The third kappa shape index (κ3) is 7.00. The number of carbonyl (C=O) groups is 2. The number of ether oxygens (including phenoxy) is 5. The van der Waals surface area contributed by atoms with Gasteiger partial charge in [0.05, 0.1) is 33.5 Å². The second-order valence-electron chi connectivity index (χ2n) is 7.67. The first-order valence-corrected chi connectivity index (χ1v) is 11.4. The Kier molecular flexibility index (Phi) is 9.64. The first-order valence-electron chi connectivity index (χ1n) is 11.4. The molecule has 8 nitrogen and oxygen atoms in total. The topological polar surface area (TPSA) is 92.3 Å². The van der Waals surface area contributed by atoms with Crippen molar-refractivity contribution < 1.29 is 42.1 Å². The van der Waals surface area contributed by atoms with Crippen LogP contribution in [0.25, 0.3) is 11.6 Å². The number of hydrogen-bond acceptors (Lipinski definition) is 7.